The Hall–Kier alpha value is -5.39. The summed E-state index contributed by atoms with van der Waals surface area (Å²) in [5.74, 6) is 0. The number of benzene rings is 3. The molecule has 7 rings (SSSR count). The highest BCUT2D eigenvalue weighted by atomic mass is 32.2. The maximum Gasteiger partial charge on any atom is 0.333 e. The topological polar surface area (TPSA) is 125 Å². The van der Waals surface area contributed by atoms with Crippen molar-refractivity contribution in [2.45, 2.75) is 18.7 Å². The van der Waals surface area contributed by atoms with Crippen LogP contribution in [0, 0.1) is 13.8 Å². The Morgan fingerprint density at radius 2 is 1.64 bits per heavy atom. The fourth-order valence-electron chi connectivity index (χ4n) is 5.11. The van der Waals surface area contributed by atoms with E-state index in [0.29, 0.717) is 0 Å². The molecule has 10 nitrogen and oxygen atoms in total. The lowest BCUT2D eigenvalue weighted by molar-refractivity contribution is 0.483. The normalized spacial score (nSPS) is 11.5. The van der Waals surface area contributed by atoms with Gasteiger partial charge < -0.3 is 4.57 Å². The first kappa shape index (κ1) is 28.7. The molecule has 4 aromatic heterocycles. The van der Waals surface area contributed by atoms with Crippen LogP contribution in [-0.2, 0) is 17.2 Å². The molecule has 0 amide bonds. The Kier molecular flexibility index (Phi) is 7.41. The SMILES string of the molecule is Cc1cc(-n2ccnc2)ccc1-n1c(=O)n(C)c2cnc3ccc(-c4cccnc4)cc3c21.Cc1ccc(S(=O)(=O)O)cc1. The number of hydrogen-bond acceptors (Lipinski definition) is 6. The van der Waals surface area contributed by atoms with Crippen LogP contribution in [0.25, 0.3) is 44.4 Å². The highest BCUT2D eigenvalue weighted by Gasteiger charge is 2.18. The van der Waals surface area contributed by atoms with Crippen molar-refractivity contribution < 1.29 is 13.0 Å². The van der Waals surface area contributed by atoms with Gasteiger partial charge in [0.2, 0.25) is 0 Å². The summed E-state index contributed by atoms with van der Waals surface area (Å²) in [6.07, 6.45) is 10.8. The summed E-state index contributed by atoms with van der Waals surface area (Å²) in [6, 6.07) is 22.1. The first-order chi connectivity index (χ1) is 21.1. The van der Waals surface area contributed by atoms with E-state index in [-0.39, 0.29) is 10.6 Å². The molecular formula is C33H28N6O4S. The molecule has 0 atom stereocenters. The molecule has 0 bridgehead atoms. The molecule has 0 saturated heterocycles. The lowest BCUT2D eigenvalue weighted by Crippen LogP contribution is -2.21. The van der Waals surface area contributed by atoms with Gasteiger partial charge in [0.1, 0.15) is 0 Å². The van der Waals surface area contributed by atoms with Crippen molar-refractivity contribution >= 4 is 32.1 Å². The molecule has 0 aliphatic carbocycles. The minimum atomic E-state index is -4.02. The van der Waals surface area contributed by atoms with E-state index in [1.54, 1.807) is 53.2 Å². The van der Waals surface area contributed by atoms with E-state index in [4.69, 9.17) is 4.55 Å². The van der Waals surface area contributed by atoms with Gasteiger partial charge in [0.05, 0.1) is 39.7 Å². The molecule has 1 N–H and O–H groups in total. The van der Waals surface area contributed by atoms with Crippen LogP contribution < -0.4 is 5.69 Å². The van der Waals surface area contributed by atoms with Crippen molar-refractivity contribution in [2.75, 3.05) is 0 Å². The van der Waals surface area contributed by atoms with Crippen LogP contribution in [0.4, 0.5) is 0 Å². The van der Waals surface area contributed by atoms with Crippen molar-refractivity contribution in [1.82, 2.24) is 28.7 Å². The lowest BCUT2D eigenvalue weighted by atomic mass is 10.0. The molecule has 3 aromatic carbocycles. The van der Waals surface area contributed by atoms with Crippen molar-refractivity contribution in [2.24, 2.45) is 7.05 Å². The van der Waals surface area contributed by atoms with E-state index in [1.165, 1.54) is 12.1 Å². The zero-order chi connectivity index (χ0) is 31.0. The minimum absolute atomic E-state index is 0.0666. The number of nitrogens with zero attached hydrogens (tertiary/aromatic N) is 6. The third-order valence-corrected chi connectivity index (χ3v) is 8.29. The van der Waals surface area contributed by atoms with E-state index in [1.807, 2.05) is 67.2 Å². The lowest BCUT2D eigenvalue weighted by Gasteiger charge is -2.12. The zero-order valence-electron chi connectivity index (χ0n) is 24.2. The number of pyridine rings is 2. The Morgan fingerprint density at radius 3 is 2.30 bits per heavy atom. The predicted molar refractivity (Wildman–Crippen MR) is 170 cm³/mol. The fraction of sp³-hybridized carbons (Fsp3) is 0.0909. The second-order valence-electron chi connectivity index (χ2n) is 10.4. The summed E-state index contributed by atoms with van der Waals surface area (Å²) in [5, 5.41) is 0.921. The second kappa shape index (κ2) is 11.4. The summed E-state index contributed by atoms with van der Waals surface area (Å²) >= 11 is 0. The van der Waals surface area contributed by atoms with Gasteiger partial charge in [-0.1, -0.05) is 29.8 Å². The first-order valence-electron chi connectivity index (χ1n) is 13.7. The van der Waals surface area contributed by atoms with E-state index in [2.05, 4.69) is 27.1 Å². The van der Waals surface area contributed by atoms with Crippen LogP contribution >= 0.6 is 0 Å². The number of aryl methyl sites for hydroxylation is 3. The number of imidazole rings is 2. The third kappa shape index (κ3) is 5.41. The minimum Gasteiger partial charge on any atom is -0.306 e. The van der Waals surface area contributed by atoms with Crippen LogP contribution in [0.15, 0.2) is 120 Å². The molecule has 0 saturated carbocycles. The van der Waals surface area contributed by atoms with Gasteiger partial charge in [0.25, 0.3) is 10.1 Å². The van der Waals surface area contributed by atoms with Crippen LogP contribution in [0.2, 0.25) is 0 Å². The molecule has 0 radical (unpaired) electrons. The summed E-state index contributed by atoms with van der Waals surface area (Å²) in [6.45, 7) is 3.86. The molecule has 0 unspecified atom stereocenters. The van der Waals surface area contributed by atoms with Gasteiger partial charge in [-0.3, -0.25) is 23.7 Å². The van der Waals surface area contributed by atoms with Crippen LogP contribution in [0.1, 0.15) is 11.1 Å². The third-order valence-electron chi connectivity index (χ3n) is 7.42. The highest BCUT2D eigenvalue weighted by molar-refractivity contribution is 7.85. The van der Waals surface area contributed by atoms with Gasteiger partial charge in [-0.2, -0.15) is 8.42 Å². The standard InChI is InChI=1S/C26H20N6O.C7H8O3S/c1-17-12-20(31-11-10-28-16-31)6-8-23(17)32-25-21-13-18(19-4-3-9-27-14-19)5-7-22(21)29-15-24(25)30(2)26(32)33;1-6-2-4-7(5-3-6)11(8,9)10/h3-16H,1-2H3;2-5H,1H3,(H,8,9,10). The van der Waals surface area contributed by atoms with E-state index >= 15 is 0 Å². The molecule has 4 heterocycles. The van der Waals surface area contributed by atoms with Crippen LogP contribution in [0.3, 0.4) is 0 Å². The fourth-order valence-corrected chi connectivity index (χ4v) is 5.59. The van der Waals surface area contributed by atoms with Crippen molar-refractivity contribution in [1.29, 1.82) is 0 Å². The number of rotatable bonds is 4. The van der Waals surface area contributed by atoms with Gasteiger partial charge in [0.15, 0.2) is 0 Å². The van der Waals surface area contributed by atoms with Gasteiger partial charge in [-0.25, -0.2) is 9.78 Å². The Bertz CT molecular complexity index is 2290. The average molecular weight is 605 g/mol. The van der Waals surface area contributed by atoms with Gasteiger partial charge in [0, 0.05) is 48.5 Å². The molecule has 44 heavy (non-hydrogen) atoms. The number of fused-ring (bicyclic) bond motifs is 3. The van der Waals surface area contributed by atoms with E-state index in [9.17, 15) is 13.2 Å². The first-order valence-corrected chi connectivity index (χ1v) is 15.1. The Labute approximate surface area is 253 Å². The maximum atomic E-state index is 13.4. The number of hydrogen-bond donors (Lipinski definition) is 1. The maximum absolute atomic E-state index is 13.4. The van der Waals surface area contributed by atoms with Crippen molar-refractivity contribution in [3.05, 3.63) is 132 Å². The molecule has 7 aromatic rings. The molecule has 0 fully saturated rings. The van der Waals surface area contributed by atoms with Crippen LogP contribution in [0.5, 0.6) is 0 Å². The summed E-state index contributed by atoms with van der Waals surface area (Å²) in [4.78, 5) is 26.4. The summed E-state index contributed by atoms with van der Waals surface area (Å²) < 4.78 is 34.9. The van der Waals surface area contributed by atoms with E-state index < -0.39 is 10.1 Å². The zero-order valence-corrected chi connectivity index (χ0v) is 25.0. The summed E-state index contributed by atoms with van der Waals surface area (Å²) in [7, 11) is -2.23. The van der Waals surface area contributed by atoms with Gasteiger partial charge >= 0.3 is 5.69 Å². The molecule has 0 spiro atoms. The molecule has 220 valence electrons. The van der Waals surface area contributed by atoms with Crippen molar-refractivity contribution in [3.63, 3.8) is 0 Å². The average Bonchev–Trinajstić information content (AvgIpc) is 3.65. The van der Waals surface area contributed by atoms with Gasteiger partial charge in [-0.15, -0.1) is 0 Å². The molecule has 0 aliphatic heterocycles. The second-order valence-corrected chi connectivity index (χ2v) is 11.8. The summed E-state index contributed by atoms with van der Waals surface area (Å²) in [5.41, 5.74) is 8.18. The quantitative estimate of drug-likeness (QED) is 0.257. The largest absolute Gasteiger partial charge is 0.333 e. The van der Waals surface area contributed by atoms with E-state index in [0.717, 1.165) is 55.6 Å². The highest BCUT2D eigenvalue weighted by Crippen LogP contribution is 2.30. The monoisotopic (exact) mass is 604 g/mol. The smallest absolute Gasteiger partial charge is 0.306 e. The van der Waals surface area contributed by atoms with Gasteiger partial charge in [-0.05, 0) is 73.5 Å². The molecular weight excluding hydrogens is 576 g/mol. The Balaban J connectivity index is 0.000000265. The van der Waals surface area contributed by atoms with Crippen LogP contribution in [-0.4, -0.2) is 41.6 Å². The predicted octanol–water partition coefficient (Wildman–Crippen LogP) is 5.68. The molecule has 0 aliphatic rings. The van der Waals surface area contributed by atoms with Crippen molar-refractivity contribution in [3.8, 4) is 22.5 Å². The number of aromatic nitrogens is 6. The molecule has 11 heteroatoms. The Morgan fingerprint density at radius 1 is 0.841 bits per heavy atom.